The minimum Gasteiger partial charge on any atom is -0.383 e. The van der Waals surface area contributed by atoms with Gasteiger partial charge < -0.3 is 19.9 Å². The highest BCUT2D eigenvalue weighted by molar-refractivity contribution is 6.31. The molecule has 4 rings (SSSR count). The molecule has 7 nitrogen and oxygen atoms in total. The zero-order valence-corrected chi connectivity index (χ0v) is 16.7. The Balaban J connectivity index is 1.43. The number of likely N-dealkylation sites (tertiary alicyclic amines) is 1. The van der Waals surface area contributed by atoms with Gasteiger partial charge in [-0.1, -0.05) is 11.6 Å². The van der Waals surface area contributed by atoms with Crippen LogP contribution < -0.4 is 5.32 Å². The molecule has 1 aliphatic rings. The normalized spacial score (nSPS) is 17.9. The minimum atomic E-state index is 0.595. The molecular formula is C20H25ClN6O. The first-order chi connectivity index (χ1) is 13.7. The smallest absolute Gasteiger partial charge is 0.163 e. The molecule has 0 saturated carbocycles. The molecule has 1 fully saturated rings. The predicted molar refractivity (Wildman–Crippen MR) is 112 cm³/mol. The summed E-state index contributed by atoms with van der Waals surface area (Å²) in [5, 5.41) is 5.01. The Morgan fingerprint density at radius 2 is 2.32 bits per heavy atom. The Morgan fingerprint density at radius 1 is 1.39 bits per heavy atom. The summed E-state index contributed by atoms with van der Waals surface area (Å²) in [6, 6.07) is 3.80. The standard InChI is InChI=1S/C20H25ClN6O/c1-28-8-7-27-6-2-3-14(13-27)10-23-18-4-5-22-20(26-18)17-12-25-19-16(17)9-15(21)11-24-19/h4-5,9,11-12,14H,2-3,6-8,10,13H2,1H3,(H,24,25)(H,22,23,26). The van der Waals surface area contributed by atoms with Crippen LogP contribution in [0.15, 0.2) is 30.7 Å². The molecule has 4 heterocycles. The average Bonchev–Trinajstić information content (AvgIpc) is 3.14. The Morgan fingerprint density at radius 3 is 3.21 bits per heavy atom. The summed E-state index contributed by atoms with van der Waals surface area (Å²) < 4.78 is 5.21. The molecule has 3 aromatic rings. The van der Waals surface area contributed by atoms with Crippen LogP contribution in [-0.2, 0) is 4.74 Å². The van der Waals surface area contributed by atoms with E-state index in [1.54, 1.807) is 19.5 Å². The van der Waals surface area contributed by atoms with E-state index >= 15 is 0 Å². The van der Waals surface area contributed by atoms with E-state index in [4.69, 9.17) is 21.3 Å². The lowest BCUT2D eigenvalue weighted by Crippen LogP contribution is -2.39. The van der Waals surface area contributed by atoms with Crippen molar-refractivity contribution < 1.29 is 4.74 Å². The summed E-state index contributed by atoms with van der Waals surface area (Å²) in [6.45, 7) is 4.96. The quantitative estimate of drug-likeness (QED) is 0.632. The molecule has 1 unspecified atom stereocenters. The maximum atomic E-state index is 6.10. The second-order valence-electron chi connectivity index (χ2n) is 7.20. The fraction of sp³-hybridized carbons (Fsp3) is 0.450. The van der Waals surface area contributed by atoms with E-state index in [1.807, 2.05) is 18.3 Å². The summed E-state index contributed by atoms with van der Waals surface area (Å²) in [7, 11) is 1.76. The number of aromatic amines is 1. The third kappa shape index (κ3) is 4.43. The van der Waals surface area contributed by atoms with Gasteiger partial charge in [-0.15, -0.1) is 0 Å². The highest BCUT2D eigenvalue weighted by atomic mass is 35.5. The Hall–Kier alpha value is -2.22. The summed E-state index contributed by atoms with van der Waals surface area (Å²) in [4.78, 5) is 19.1. The number of ether oxygens (including phenoxy) is 1. The van der Waals surface area contributed by atoms with Gasteiger partial charge >= 0.3 is 0 Å². The highest BCUT2D eigenvalue weighted by Crippen LogP contribution is 2.27. The largest absolute Gasteiger partial charge is 0.383 e. The minimum absolute atomic E-state index is 0.595. The molecule has 0 radical (unpaired) electrons. The maximum Gasteiger partial charge on any atom is 0.163 e. The second kappa shape index (κ2) is 8.86. The lowest BCUT2D eigenvalue weighted by molar-refractivity contribution is 0.117. The summed E-state index contributed by atoms with van der Waals surface area (Å²) in [5.74, 6) is 2.11. The van der Waals surface area contributed by atoms with E-state index in [2.05, 4.69) is 25.2 Å². The zero-order valence-electron chi connectivity index (χ0n) is 16.0. The Bertz CT molecular complexity index is 930. The molecule has 0 bridgehead atoms. The van der Waals surface area contributed by atoms with Crippen LogP contribution in [0.5, 0.6) is 0 Å². The molecule has 3 aromatic heterocycles. The van der Waals surface area contributed by atoms with Crippen LogP contribution >= 0.6 is 11.6 Å². The topological polar surface area (TPSA) is 79.0 Å². The van der Waals surface area contributed by atoms with Crippen LogP contribution in [-0.4, -0.2) is 64.7 Å². The summed E-state index contributed by atoms with van der Waals surface area (Å²) in [6.07, 6.45) is 7.76. The number of hydrogen-bond acceptors (Lipinski definition) is 6. The van der Waals surface area contributed by atoms with Gasteiger partial charge in [0.1, 0.15) is 11.5 Å². The third-order valence-corrected chi connectivity index (χ3v) is 5.39. The van der Waals surface area contributed by atoms with Crippen molar-refractivity contribution in [1.29, 1.82) is 0 Å². The molecule has 0 aliphatic carbocycles. The van der Waals surface area contributed by atoms with Gasteiger partial charge in [-0.05, 0) is 37.4 Å². The van der Waals surface area contributed by atoms with E-state index in [1.165, 1.54) is 12.8 Å². The van der Waals surface area contributed by atoms with E-state index < -0.39 is 0 Å². The lowest BCUT2D eigenvalue weighted by Gasteiger charge is -2.32. The average molecular weight is 401 g/mol. The van der Waals surface area contributed by atoms with Crippen LogP contribution in [0.25, 0.3) is 22.4 Å². The van der Waals surface area contributed by atoms with Crippen molar-refractivity contribution in [1.82, 2.24) is 24.8 Å². The van der Waals surface area contributed by atoms with Crippen LogP contribution in [0.2, 0.25) is 5.02 Å². The summed E-state index contributed by atoms with van der Waals surface area (Å²) >= 11 is 6.10. The SMILES string of the molecule is COCCN1CCCC(CNc2ccnc(-c3c[nH]c4ncc(Cl)cc34)n2)C1. The number of anilines is 1. The van der Waals surface area contributed by atoms with Crippen molar-refractivity contribution >= 4 is 28.5 Å². The first-order valence-corrected chi connectivity index (χ1v) is 10.0. The van der Waals surface area contributed by atoms with Crippen LogP contribution in [0.3, 0.4) is 0 Å². The van der Waals surface area contributed by atoms with Crippen molar-refractivity contribution in [2.45, 2.75) is 12.8 Å². The van der Waals surface area contributed by atoms with Crippen LogP contribution in [0.4, 0.5) is 5.82 Å². The number of pyridine rings is 1. The number of H-pyrrole nitrogens is 1. The molecular weight excluding hydrogens is 376 g/mol. The number of hydrogen-bond donors (Lipinski definition) is 2. The second-order valence-corrected chi connectivity index (χ2v) is 7.64. The molecule has 2 N–H and O–H groups in total. The van der Waals surface area contributed by atoms with E-state index in [0.29, 0.717) is 16.8 Å². The van der Waals surface area contributed by atoms with Crippen molar-refractivity contribution in [3.8, 4) is 11.4 Å². The number of rotatable bonds is 7. The van der Waals surface area contributed by atoms with Crippen molar-refractivity contribution in [2.24, 2.45) is 5.92 Å². The molecule has 8 heteroatoms. The molecule has 1 aliphatic heterocycles. The number of methoxy groups -OCH3 is 1. The Labute approximate surface area is 169 Å². The van der Waals surface area contributed by atoms with Gasteiger partial charge in [-0.3, -0.25) is 0 Å². The van der Waals surface area contributed by atoms with Gasteiger partial charge in [0.2, 0.25) is 0 Å². The molecule has 1 atom stereocenters. The van der Waals surface area contributed by atoms with E-state index in [0.717, 1.165) is 55.2 Å². The number of piperidine rings is 1. The lowest BCUT2D eigenvalue weighted by atomic mass is 9.98. The summed E-state index contributed by atoms with van der Waals surface area (Å²) in [5.41, 5.74) is 1.68. The van der Waals surface area contributed by atoms with Gasteiger partial charge in [-0.25, -0.2) is 15.0 Å². The van der Waals surface area contributed by atoms with Gasteiger partial charge in [0.25, 0.3) is 0 Å². The van der Waals surface area contributed by atoms with Crippen LogP contribution in [0, 0.1) is 5.92 Å². The van der Waals surface area contributed by atoms with E-state index in [9.17, 15) is 0 Å². The van der Waals surface area contributed by atoms with Gasteiger partial charge in [0.05, 0.1) is 11.6 Å². The van der Waals surface area contributed by atoms with Crippen molar-refractivity contribution in [3.05, 3.63) is 35.7 Å². The zero-order chi connectivity index (χ0) is 19.3. The number of nitrogens with one attached hydrogen (secondary N) is 2. The molecule has 0 amide bonds. The van der Waals surface area contributed by atoms with Crippen molar-refractivity contribution in [3.63, 3.8) is 0 Å². The first-order valence-electron chi connectivity index (χ1n) is 9.64. The third-order valence-electron chi connectivity index (χ3n) is 5.18. The number of fused-ring (bicyclic) bond motifs is 1. The van der Waals surface area contributed by atoms with Gasteiger partial charge in [0, 0.05) is 56.3 Å². The van der Waals surface area contributed by atoms with Crippen LogP contribution in [0.1, 0.15) is 12.8 Å². The molecule has 1 saturated heterocycles. The highest BCUT2D eigenvalue weighted by Gasteiger charge is 2.19. The number of aromatic nitrogens is 4. The molecule has 0 aromatic carbocycles. The molecule has 28 heavy (non-hydrogen) atoms. The van der Waals surface area contributed by atoms with Gasteiger partial charge in [0.15, 0.2) is 5.82 Å². The predicted octanol–water partition coefficient (Wildman–Crippen LogP) is 3.44. The van der Waals surface area contributed by atoms with E-state index in [-0.39, 0.29) is 0 Å². The molecule has 148 valence electrons. The number of halogens is 1. The monoisotopic (exact) mass is 400 g/mol. The fourth-order valence-corrected chi connectivity index (χ4v) is 3.90. The Kier molecular flexibility index (Phi) is 6.04. The fourth-order valence-electron chi connectivity index (χ4n) is 3.74. The van der Waals surface area contributed by atoms with Crippen molar-refractivity contribution in [2.75, 3.05) is 45.2 Å². The first kappa shape index (κ1) is 19.1. The van der Waals surface area contributed by atoms with Gasteiger partial charge in [-0.2, -0.15) is 0 Å². The molecule has 0 spiro atoms. The number of nitrogens with zero attached hydrogens (tertiary/aromatic N) is 4. The maximum absolute atomic E-state index is 6.10.